The molecule has 2 fully saturated rings. The molecule has 0 aliphatic heterocycles. The number of hydrogen-bond acceptors (Lipinski definition) is 2. The van der Waals surface area contributed by atoms with Gasteiger partial charge in [0.05, 0.1) is 5.75 Å². The second-order valence-corrected chi connectivity index (χ2v) is 5.21. The summed E-state index contributed by atoms with van der Waals surface area (Å²) in [5, 5.41) is 0. The molecule has 2 atom stereocenters. The van der Waals surface area contributed by atoms with Crippen molar-refractivity contribution in [2.75, 3.05) is 5.75 Å². The normalized spacial score (nSPS) is 42.1. The minimum atomic E-state index is -4.21. The molecule has 0 aromatic carbocycles. The molecule has 0 aromatic heterocycles. The highest BCUT2D eigenvalue weighted by atomic mass is 32.3. The third kappa shape index (κ3) is 1.72. The van der Waals surface area contributed by atoms with Gasteiger partial charge < -0.3 is 0 Å². The van der Waals surface area contributed by atoms with Crippen LogP contribution in [-0.2, 0) is 10.2 Å². The van der Waals surface area contributed by atoms with Crippen LogP contribution in [0, 0.1) is 17.8 Å². The Balaban J connectivity index is 1.89. The Morgan fingerprint density at radius 3 is 2.18 bits per heavy atom. The number of halogens is 1. The predicted molar refractivity (Wildman–Crippen MR) is 39.2 cm³/mol. The van der Waals surface area contributed by atoms with Gasteiger partial charge in [0.15, 0.2) is 0 Å². The molecule has 2 unspecified atom stereocenters. The average Bonchev–Trinajstić information content (AvgIpc) is 2.36. The van der Waals surface area contributed by atoms with Gasteiger partial charge in [0, 0.05) is 0 Å². The zero-order valence-electron chi connectivity index (χ0n) is 6.16. The van der Waals surface area contributed by atoms with Crippen molar-refractivity contribution in [1.29, 1.82) is 0 Å². The highest BCUT2D eigenvalue weighted by molar-refractivity contribution is 7.86. The maximum Gasteiger partial charge on any atom is 0.302 e. The van der Waals surface area contributed by atoms with Crippen LogP contribution < -0.4 is 0 Å². The first-order valence-corrected chi connectivity index (χ1v) is 5.52. The molecule has 0 amide bonds. The first-order valence-electron chi connectivity index (χ1n) is 3.97. The van der Waals surface area contributed by atoms with Crippen molar-refractivity contribution in [3.63, 3.8) is 0 Å². The van der Waals surface area contributed by atoms with Crippen LogP contribution in [0.1, 0.15) is 19.3 Å². The molecule has 2 aliphatic carbocycles. The highest BCUT2D eigenvalue weighted by Crippen LogP contribution is 2.54. The molecule has 0 radical (unpaired) electrons. The van der Waals surface area contributed by atoms with Crippen molar-refractivity contribution < 1.29 is 12.3 Å². The summed E-state index contributed by atoms with van der Waals surface area (Å²) in [6, 6.07) is 0. The van der Waals surface area contributed by atoms with E-state index >= 15 is 0 Å². The fraction of sp³-hybridized carbons (Fsp3) is 1.00. The summed E-state index contributed by atoms with van der Waals surface area (Å²) in [5.74, 6) is 1.36. The van der Waals surface area contributed by atoms with Gasteiger partial charge in [0.1, 0.15) is 0 Å². The van der Waals surface area contributed by atoms with Gasteiger partial charge in [-0.2, -0.15) is 8.42 Å². The SMILES string of the molecule is O=S(=O)(F)CC1CC2CC2C1. The van der Waals surface area contributed by atoms with Crippen molar-refractivity contribution in [3.05, 3.63) is 0 Å². The van der Waals surface area contributed by atoms with Crippen LogP contribution in [0.5, 0.6) is 0 Å². The van der Waals surface area contributed by atoms with Crippen LogP contribution in [-0.4, -0.2) is 14.2 Å². The van der Waals surface area contributed by atoms with E-state index in [1.54, 1.807) is 0 Å². The lowest BCUT2D eigenvalue weighted by atomic mass is 10.1. The van der Waals surface area contributed by atoms with Crippen molar-refractivity contribution in [3.8, 4) is 0 Å². The van der Waals surface area contributed by atoms with E-state index in [9.17, 15) is 12.3 Å². The lowest BCUT2D eigenvalue weighted by molar-refractivity contribution is 0.497. The summed E-state index contributed by atoms with van der Waals surface area (Å²) in [6.45, 7) is 0. The number of fused-ring (bicyclic) bond motifs is 1. The zero-order valence-corrected chi connectivity index (χ0v) is 6.98. The first-order chi connectivity index (χ1) is 5.04. The van der Waals surface area contributed by atoms with E-state index in [2.05, 4.69) is 0 Å². The van der Waals surface area contributed by atoms with Gasteiger partial charge in [-0.05, 0) is 37.0 Å². The molecule has 0 spiro atoms. The molecule has 64 valence electrons. The van der Waals surface area contributed by atoms with E-state index in [1.807, 2.05) is 0 Å². The Morgan fingerprint density at radius 1 is 1.18 bits per heavy atom. The average molecular weight is 178 g/mol. The summed E-state index contributed by atoms with van der Waals surface area (Å²) in [6.07, 6.45) is 3.13. The molecule has 0 saturated heterocycles. The Morgan fingerprint density at radius 2 is 1.73 bits per heavy atom. The molecule has 4 heteroatoms. The van der Waals surface area contributed by atoms with Crippen molar-refractivity contribution in [2.24, 2.45) is 17.8 Å². The third-order valence-electron chi connectivity index (χ3n) is 2.78. The minimum Gasteiger partial charge on any atom is -0.195 e. The molecule has 0 aromatic rings. The molecule has 2 nitrogen and oxygen atoms in total. The smallest absolute Gasteiger partial charge is 0.195 e. The van der Waals surface area contributed by atoms with Gasteiger partial charge in [-0.3, -0.25) is 0 Å². The summed E-state index contributed by atoms with van der Waals surface area (Å²) in [5.41, 5.74) is 0. The van der Waals surface area contributed by atoms with Gasteiger partial charge in [0.2, 0.25) is 0 Å². The predicted octanol–water partition coefficient (Wildman–Crippen LogP) is 1.33. The van der Waals surface area contributed by atoms with Crippen LogP contribution in [0.4, 0.5) is 3.89 Å². The lowest BCUT2D eigenvalue weighted by Crippen LogP contribution is -2.10. The van der Waals surface area contributed by atoms with Crippen molar-refractivity contribution >= 4 is 10.2 Å². The lowest BCUT2D eigenvalue weighted by Gasteiger charge is -2.06. The zero-order chi connectivity index (χ0) is 8.06. The summed E-state index contributed by atoms with van der Waals surface area (Å²) in [7, 11) is -4.21. The molecule has 2 saturated carbocycles. The van der Waals surface area contributed by atoms with E-state index in [1.165, 1.54) is 6.42 Å². The maximum atomic E-state index is 12.2. The first kappa shape index (κ1) is 7.53. The van der Waals surface area contributed by atoms with Gasteiger partial charge in [-0.25, -0.2) is 0 Å². The Kier molecular flexibility index (Phi) is 1.50. The minimum absolute atomic E-state index is 0.119. The largest absolute Gasteiger partial charge is 0.302 e. The standard InChI is InChI=1S/C7H11FO2S/c8-11(9,10)4-5-1-6-3-7(6)2-5/h5-7H,1-4H2. The van der Waals surface area contributed by atoms with Crippen molar-refractivity contribution in [1.82, 2.24) is 0 Å². The van der Waals surface area contributed by atoms with Crippen LogP contribution in [0.2, 0.25) is 0 Å². The third-order valence-corrected chi connectivity index (χ3v) is 3.65. The molecule has 2 rings (SSSR count). The molecule has 0 heterocycles. The van der Waals surface area contributed by atoms with Gasteiger partial charge in [-0.1, -0.05) is 0 Å². The Bertz CT molecular complexity index is 250. The second kappa shape index (κ2) is 2.19. The van der Waals surface area contributed by atoms with Gasteiger partial charge in [0.25, 0.3) is 0 Å². The Labute approximate surface area is 66.0 Å². The van der Waals surface area contributed by atoms with Gasteiger partial charge in [-0.15, -0.1) is 3.89 Å². The van der Waals surface area contributed by atoms with Crippen molar-refractivity contribution in [2.45, 2.75) is 19.3 Å². The molecule has 11 heavy (non-hydrogen) atoms. The molecule has 2 aliphatic rings. The van der Waals surface area contributed by atoms with Crippen LogP contribution >= 0.6 is 0 Å². The highest BCUT2D eigenvalue weighted by Gasteiger charge is 2.46. The second-order valence-electron chi connectivity index (χ2n) is 3.80. The Hall–Kier alpha value is -0.120. The van der Waals surface area contributed by atoms with Crippen LogP contribution in [0.15, 0.2) is 0 Å². The summed E-state index contributed by atoms with van der Waals surface area (Å²) in [4.78, 5) is 0. The van der Waals surface area contributed by atoms with E-state index in [-0.39, 0.29) is 11.7 Å². The van der Waals surface area contributed by atoms with E-state index in [0.717, 1.165) is 24.7 Å². The topological polar surface area (TPSA) is 34.1 Å². The fourth-order valence-corrected chi connectivity index (χ4v) is 3.09. The molecular weight excluding hydrogens is 167 g/mol. The maximum absolute atomic E-state index is 12.2. The van der Waals surface area contributed by atoms with Crippen LogP contribution in [0.25, 0.3) is 0 Å². The van der Waals surface area contributed by atoms with E-state index in [0.29, 0.717) is 0 Å². The molecule has 0 N–H and O–H groups in total. The van der Waals surface area contributed by atoms with Crippen LogP contribution in [0.3, 0.4) is 0 Å². The summed E-state index contributed by atoms with van der Waals surface area (Å²) >= 11 is 0. The van der Waals surface area contributed by atoms with Gasteiger partial charge >= 0.3 is 10.2 Å². The molecule has 0 bridgehead atoms. The summed E-state index contributed by atoms with van der Waals surface area (Å²) < 4.78 is 32.6. The van der Waals surface area contributed by atoms with E-state index < -0.39 is 10.2 Å². The quantitative estimate of drug-likeness (QED) is 0.598. The number of rotatable bonds is 2. The fourth-order valence-electron chi connectivity index (χ4n) is 2.26. The number of hydrogen-bond donors (Lipinski definition) is 0. The van der Waals surface area contributed by atoms with E-state index in [4.69, 9.17) is 0 Å². The molecular formula is C7H11FO2S. The monoisotopic (exact) mass is 178 g/mol.